The van der Waals surface area contributed by atoms with Crippen molar-refractivity contribution in [3.63, 3.8) is 0 Å². The van der Waals surface area contributed by atoms with Gasteiger partial charge in [0.1, 0.15) is 5.03 Å². The molecule has 7 nitrogen and oxygen atoms in total. The predicted octanol–water partition coefficient (Wildman–Crippen LogP) is 5.57. The molecule has 2 rings (SSSR count). The van der Waals surface area contributed by atoms with Crippen LogP contribution in [-0.2, 0) is 18.9 Å². The minimum Gasteiger partial charge on any atom is -0.379 e. The third kappa shape index (κ3) is 11.3. The van der Waals surface area contributed by atoms with Crippen LogP contribution in [0.15, 0.2) is 17.2 Å². The highest BCUT2D eigenvalue weighted by atomic mass is 35.5. The van der Waals surface area contributed by atoms with Crippen molar-refractivity contribution in [2.45, 2.75) is 32.2 Å². The summed E-state index contributed by atoms with van der Waals surface area (Å²) in [6.45, 7) is 11.4. The van der Waals surface area contributed by atoms with Gasteiger partial charge in [-0.05, 0) is 24.8 Å². The van der Waals surface area contributed by atoms with Crippen LogP contribution in [0, 0.1) is 0 Å². The second-order valence-corrected chi connectivity index (χ2v) is 7.82. The van der Waals surface area contributed by atoms with E-state index in [1.807, 2.05) is 20.1 Å². The van der Waals surface area contributed by atoms with Gasteiger partial charge in [0.25, 0.3) is 0 Å². The largest absolute Gasteiger partial charge is 0.379 e. The van der Waals surface area contributed by atoms with Crippen molar-refractivity contribution in [2.75, 3.05) is 71.0 Å². The molecule has 0 saturated carbocycles. The molecule has 0 aliphatic rings. The van der Waals surface area contributed by atoms with E-state index in [2.05, 4.69) is 22.2 Å². The van der Waals surface area contributed by atoms with Gasteiger partial charge in [0.05, 0.1) is 67.3 Å². The molecule has 1 aromatic carbocycles. The maximum absolute atomic E-state index is 6.08. The lowest BCUT2D eigenvalue weighted by molar-refractivity contribution is -0.000692. The Labute approximate surface area is 205 Å². The highest BCUT2D eigenvalue weighted by Crippen LogP contribution is 2.30. The summed E-state index contributed by atoms with van der Waals surface area (Å²) in [4.78, 5) is 9.20. The molecule has 0 amide bonds. The van der Waals surface area contributed by atoms with E-state index >= 15 is 0 Å². The molecule has 0 saturated heterocycles. The van der Waals surface area contributed by atoms with Gasteiger partial charge in [0.15, 0.2) is 5.82 Å². The zero-order valence-corrected chi connectivity index (χ0v) is 21.7. The molecule has 1 heterocycles. The number of anilines is 1. The first kappa shape index (κ1) is 29.2. The zero-order valence-electron chi connectivity index (χ0n) is 19.4. The molecule has 0 radical (unpaired) electrons. The second-order valence-electron chi connectivity index (χ2n) is 6.21. The van der Waals surface area contributed by atoms with E-state index in [1.165, 1.54) is 11.8 Å². The summed E-state index contributed by atoms with van der Waals surface area (Å²) in [5.74, 6) is 0.702. The third-order valence-corrected chi connectivity index (χ3v) is 5.26. The number of halogens is 2. The van der Waals surface area contributed by atoms with E-state index in [4.69, 9.17) is 42.1 Å². The summed E-state index contributed by atoms with van der Waals surface area (Å²) in [5.41, 5.74) is 1.41. The molecule has 0 spiro atoms. The molecule has 0 fully saturated rings. The van der Waals surface area contributed by atoms with E-state index < -0.39 is 0 Å². The lowest BCUT2D eigenvalue weighted by atomic mass is 10.3. The number of thioether (sulfide) groups is 1. The van der Waals surface area contributed by atoms with Crippen molar-refractivity contribution < 1.29 is 18.9 Å². The van der Waals surface area contributed by atoms with Gasteiger partial charge < -0.3 is 24.3 Å². The minimum absolute atomic E-state index is 0.458. The molecular weight excluding hydrogens is 473 g/mol. The lowest BCUT2D eigenvalue weighted by Crippen LogP contribution is -2.15. The Kier molecular flexibility index (Phi) is 16.9. The van der Waals surface area contributed by atoms with E-state index in [0.29, 0.717) is 79.7 Å². The van der Waals surface area contributed by atoms with Crippen LogP contribution in [0.5, 0.6) is 0 Å². The highest BCUT2D eigenvalue weighted by molar-refractivity contribution is 7.98. The predicted molar refractivity (Wildman–Crippen MR) is 135 cm³/mol. The number of fused-ring (bicyclic) bond motifs is 1. The first-order valence-electron chi connectivity index (χ1n) is 10.9. The van der Waals surface area contributed by atoms with E-state index in [0.717, 1.165) is 18.1 Å². The van der Waals surface area contributed by atoms with E-state index in [9.17, 15) is 0 Å². The third-order valence-electron chi connectivity index (χ3n) is 3.87. The molecular formula is C22H35Cl2N3O4S. The van der Waals surface area contributed by atoms with Gasteiger partial charge in [-0.25, -0.2) is 9.97 Å². The first-order chi connectivity index (χ1) is 15.7. The zero-order chi connectivity index (χ0) is 23.6. The summed E-state index contributed by atoms with van der Waals surface area (Å²) in [5, 5.41) is 4.98. The number of nitrogens with zero attached hydrogens (tertiary/aromatic N) is 2. The summed E-state index contributed by atoms with van der Waals surface area (Å²) < 4.78 is 21.8. The molecule has 0 bridgehead atoms. The number of benzene rings is 1. The molecule has 1 aromatic heterocycles. The Morgan fingerprint density at radius 2 is 1.25 bits per heavy atom. The quantitative estimate of drug-likeness (QED) is 0.233. The lowest BCUT2D eigenvalue weighted by Gasteiger charge is -2.11. The van der Waals surface area contributed by atoms with Crippen molar-refractivity contribution in [1.82, 2.24) is 9.97 Å². The van der Waals surface area contributed by atoms with Crippen molar-refractivity contribution in [2.24, 2.45) is 0 Å². The van der Waals surface area contributed by atoms with Gasteiger partial charge in [-0.1, -0.05) is 44.0 Å². The molecule has 32 heavy (non-hydrogen) atoms. The Balaban J connectivity index is 0.00000249. The summed E-state index contributed by atoms with van der Waals surface area (Å²) in [7, 11) is 0. The molecule has 2 aromatic rings. The van der Waals surface area contributed by atoms with E-state index in [-0.39, 0.29) is 0 Å². The summed E-state index contributed by atoms with van der Waals surface area (Å²) >= 11 is 13.7. The Bertz CT molecular complexity index is 772. The van der Waals surface area contributed by atoms with E-state index in [1.54, 1.807) is 12.1 Å². The molecule has 1 N–H and O–H groups in total. The molecule has 0 aliphatic heterocycles. The van der Waals surface area contributed by atoms with Crippen LogP contribution in [0.2, 0.25) is 10.0 Å². The highest BCUT2D eigenvalue weighted by Gasteiger charge is 2.10. The Hall–Kier alpha value is -0.870. The number of aromatic nitrogens is 2. The molecule has 0 aliphatic carbocycles. The molecule has 0 unspecified atom stereocenters. The topological polar surface area (TPSA) is 74.7 Å². The monoisotopic (exact) mass is 507 g/mol. The van der Waals surface area contributed by atoms with Crippen LogP contribution in [0.4, 0.5) is 5.82 Å². The summed E-state index contributed by atoms with van der Waals surface area (Å²) in [6, 6.07) is 3.45. The normalized spacial score (nSPS) is 10.8. The van der Waals surface area contributed by atoms with Crippen LogP contribution < -0.4 is 5.32 Å². The van der Waals surface area contributed by atoms with Crippen LogP contribution in [0.25, 0.3) is 11.0 Å². The standard InChI is InChI=1S/C20H29Cl2N3O4S.C2H6/c1-3-5-26-7-9-28-11-12-29-10-8-27-6-4-23-19-20(30-2)25-18-14-16(22)15(21)13-17(18)24-19;1-2/h13-14H,3-12H2,1-2H3,(H,23,24);1-2H3. The molecule has 10 heteroatoms. The summed E-state index contributed by atoms with van der Waals surface area (Å²) in [6.07, 6.45) is 2.98. The van der Waals surface area contributed by atoms with Crippen LogP contribution in [-0.4, -0.2) is 75.6 Å². The van der Waals surface area contributed by atoms with Gasteiger partial charge in [-0.2, -0.15) is 0 Å². The number of hydrogen-bond acceptors (Lipinski definition) is 8. The maximum atomic E-state index is 6.08. The Morgan fingerprint density at radius 3 is 1.75 bits per heavy atom. The number of rotatable bonds is 16. The SMILES string of the molecule is CC.CCCOCCOCCOCCOCCNc1nc2cc(Cl)c(Cl)cc2nc1SC. The number of hydrogen-bond donors (Lipinski definition) is 1. The van der Waals surface area contributed by atoms with Gasteiger partial charge in [0.2, 0.25) is 0 Å². The van der Waals surface area contributed by atoms with Crippen molar-refractivity contribution in [3.05, 3.63) is 22.2 Å². The smallest absolute Gasteiger partial charge is 0.159 e. The molecule has 182 valence electrons. The van der Waals surface area contributed by atoms with Crippen molar-refractivity contribution >= 4 is 51.8 Å². The Morgan fingerprint density at radius 1 is 0.781 bits per heavy atom. The average molecular weight is 509 g/mol. The minimum atomic E-state index is 0.458. The number of ether oxygens (including phenoxy) is 4. The van der Waals surface area contributed by atoms with Crippen LogP contribution in [0.1, 0.15) is 27.2 Å². The van der Waals surface area contributed by atoms with Gasteiger partial charge in [-0.15, -0.1) is 11.8 Å². The van der Waals surface area contributed by atoms with Gasteiger partial charge in [0, 0.05) is 13.2 Å². The maximum Gasteiger partial charge on any atom is 0.159 e. The van der Waals surface area contributed by atoms with Gasteiger partial charge >= 0.3 is 0 Å². The fourth-order valence-electron chi connectivity index (χ4n) is 2.44. The van der Waals surface area contributed by atoms with Crippen LogP contribution >= 0.6 is 35.0 Å². The first-order valence-corrected chi connectivity index (χ1v) is 12.9. The molecule has 0 atom stereocenters. The van der Waals surface area contributed by atoms with Gasteiger partial charge in [-0.3, -0.25) is 0 Å². The average Bonchev–Trinajstić information content (AvgIpc) is 2.81. The van der Waals surface area contributed by atoms with Crippen molar-refractivity contribution in [1.29, 1.82) is 0 Å². The fourth-order valence-corrected chi connectivity index (χ4v) is 3.26. The van der Waals surface area contributed by atoms with Crippen LogP contribution in [0.3, 0.4) is 0 Å². The number of nitrogens with one attached hydrogen (secondary N) is 1. The second kappa shape index (κ2) is 18.5. The van der Waals surface area contributed by atoms with Crippen molar-refractivity contribution in [3.8, 4) is 0 Å². The fraction of sp³-hybridized carbons (Fsp3) is 0.636.